The van der Waals surface area contributed by atoms with Crippen molar-refractivity contribution in [2.75, 3.05) is 37.6 Å². The summed E-state index contributed by atoms with van der Waals surface area (Å²) in [5.41, 5.74) is -1.93. The summed E-state index contributed by atoms with van der Waals surface area (Å²) in [6.45, 7) is 7.81. The topological polar surface area (TPSA) is 52.2 Å². The lowest BCUT2D eigenvalue weighted by molar-refractivity contribution is -0.141. The fourth-order valence-electron chi connectivity index (χ4n) is 2.40. The number of anilines is 1. The minimum absolute atomic E-state index is 0.000906. The van der Waals surface area contributed by atoms with Crippen LogP contribution < -0.4 is 10.5 Å². The molecule has 0 amide bonds. The molecule has 0 atom stereocenters. The van der Waals surface area contributed by atoms with E-state index in [0.717, 1.165) is 19.6 Å². The van der Waals surface area contributed by atoms with Gasteiger partial charge in [0.05, 0.1) is 0 Å². The molecule has 2 rings (SSSR count). The highest BCUT2D eigenvalue weighted by Gasteiger charge is 2.34. The van der Waals surface area contributed by atoms with Crippen LogP contribution in [0.25, 0.3) is 0 Å². The van der Waals surface area contributed by atoms with E-state index in [2.05, 4.69) is 28.7 Å². The highest BCUT2D eigenvalue weighted by molar-refractivity contribution is 5.31. The van der Waals surface area contributed by atoms with Gasteiger partial charge in [0.25, 0.3) is 5.56 Å². The van der Waals surface area contributed by atoms with Gasteiger partial charge in [0.1, 0.15) is 0 Å². The van der Waals surface area contributed by atoms with Crippen molar-refractivity contribution in [3.63, 3.8) is 0 Å². The van der Waals surface area contributed by atoms with Crippen molar-refractivity contribution >= 4 is 5.95 Å². The second-order valence-electron chi connectivity index (χ2n) is 5.63. The van der Waals surface area contributed by atoms with Crippen molar-refractivity contribution in [1.82, 2.24) is 14.9 Å². The summed E-state index contributed by atoms with van der Waals surface area (Å²) < 4.78 is 38.0. The molecule has 1 N–H and O–H groups in total. The van der Waals surface area contributed by atoms with Crippen molar-refractivity contribution in [3.8, 4) is 0 Å². The zero-order valence-corrected chi connectivity index (χ0v) is 12.1. The molecule has 118 valence electrons. The molecule has 0 bridgehead atoms. The molecule has 0 aromatic carbocycles. The molecule has 8 heteroatoms. The summed E-state index contributed by atoms with van der Waals surface area (Å²) in [5, 5.41) is 0. The summed E-state index contributed by atoms with van der Waals surface area (Å²) in [6, 6.07) is 0.485. The van der Waals surface area contributed by atoms with Gasteiger partial charge in [-0.05, 0) is 5.92 Å². The van der Waals surface area contributed by atoms with Gasteiger partial charge in [-0.3, -0.25) is 14.7 Å². The van der Waals surface area contributed by atoms with E-state index in [9.17, 15) is 18.0 Å². The Labute approximate surface area is 120 Å². The van der Waals surface area contributed by atoms with E-state index in [0.29, 0.717) is 25.1 Å². The minimum atomic E-state index is -4.61. The van der Waals surface area contributed by atoms with E-state index in [1.54, 1.807) is 4.90 Å². The first-order valence-electron chi connectivity index (χ1n) is 6.91. The van der Waals surface area contributed by atoms with Crippen LogP contribution in [0.2, 0.25) is 0 Å². The van der Waals surface area contributed by atoms with E-state index >= 15 is 0 Å². The smallest absolute Gasteiger partial charge is 0.340 e. The number of hydrogen-bond donors (Lipinski definition) is 1. The average molecular weight is 304 g/mol. The third kappa shape index (κ3) is 4.20. The maximum atomic E-state index is 12.7. The zero-order valence-electron chi connectivity index (χ0n) is 12.1. The number of rotatable bonds is 3. The van der Waals surface area contributed by atoms with Crippen LogP contribution >= 0.6 is 0 Å². The lowest BCUT2D eigenvalue weighted by Crippen LogP contribution is -2.48. The molecular formula is C13H19F3N4O. The number of aromatic amines is 1. The Morgan fingerprint density at radius 3 is 2.43 bits per heavy atom. The first-order chi connectivity index (χ1) is 9.75. The molecule has 0 unspecified atom stereocenters. The van der Waals surface area contributed by atoms with Crippen LogP contribution in [0.15, 0.2) is 10.9 Å². The normalized spacial score (nSPS) is 17.5. The SMILES string of the molecule is CC(C)CN1CCN(c2nc(C(F)(F)F)cc(=O)[nH]2)CC1. The summed E-state index contributed by atoms with van der Waals surface area (Å²) in [6.07, 6.45) is -4.61. The third-order valence-electron chi connectivity index (χ3n) is 3.31. The largest absolute Gasteiger partial charge is 0.433 e. The molecule has 0 spiro atoms. The summed E-state index contributed by atoms with van der Waals surface area (Å²) in [5.74, 6) is 0.544. The van der Waals surface area contributed by atoms with Gasteiger partial charge in [-0.25, -0.2) is 4.98 Å². The van der Waals surface area contributed by atoms with Gasteiger partial charge in [-0.15, -0.1) is 0 Å². The molecule has 1 aliphatic heterocycles. The van der Waals surface area contributed by atoms with Crippen LogP contribution in [0.1, 0.15) is 19.5 Å². The number of nitrogens with zero attached hydrogens (tertiary/aromatic N) is 3. The van der Waals surface area contributed by atoms with Gasteiger partial charge in [0.2, 0.25) is 5.95 Å². The fourth-order valence-corrected chi connectivity index (χ4v) is 2.40. The molecule has 0 saturated carbocycles. The third-order valence-corrected chi connectivity index (χ3v) is 3.31. The van der Waals surface area contributed by atoms with E-state index in [4.69, 9.17) is 0 Å². The van der Waals surface area contributed by atoms with Crippen LogP contribution in [-0.2, 0) is 6.18 Å². The second-order valence-corrected chi connectivity index (χ2v) is 5.63. The lowest BCUT2D eigenvalue weighted by Gasteiger charge is -2.35. The van der Waals surface area contributed by atoms with Crippen molar-refractivity contribution in [2.45, 2.75) is 20.0 Å². The number of alkyl halides is 3. The van der Waals surface area contributed by atoms with Crippen molar-refractivity contribution in [1.29, 1.82) is 0 Å². The number of piperazine rings is 1. The summed E-state index contributed by atoms with van der Waals surface area (Å²) in [7, 11) is 0. The molecule has 0 radical (unpaired) electrons. The maximum absolute atomic E-state index is 12.7. The Morgan fingerprint density at radius 1 is 1.29 bits per heavy atom. The number of halogens is 3. The first-order valence-corrected chi connectivity index (χ1v) is 6.91. The molecular weight excluding hydrogens is 285 g/mol. The van der Waals surface area contributed by atoms with Gasteiger partial charge < -0.3 is 4.90 Å². The first kappa shape index (κ1) is 15.8. The maximum Gasteiger partial charge on any atom is 0.433 e. The molecule has 21 heavy (non-hydrogen) atoms. The van der Waals surface area contributed by atoms with E-state index in [1.807, 2.05) is 0 Å². The van der Waals surface area contributed by atoms with Crippen molar-refractivity contribution in [2.24, 2.45) is 5.92 Å². The Balaban J connectivity index is 2.10. The van der Waals surface area contributed by atoms with E-state index in [1.165, 1.54) is 0 Å². The quantitative estimate of drug-likeness (QED) is 0.921. The zero-order chi connectivity index (χ0) is 15.6. The molecule has 5 nitrogen and oxygen atoms in total. The van der Waals surface area contributed by atoms with Crippen molar-refractivity contribution < 1.29 is 13.2 Å². The summed E-state index contributed by atoms with van der Waals surface area (Å²) in [4.78, 5) is 21.2. The van der Waals surface area contributed by atoms with Crippen LogP contribution in [0.5, 0.6) is 0 Å². The van der Waals surface area contributed by atoms with Crippen LogP contribution in [0.3, 0.4) is 0 Å². The monoisotopic (exact) mass is 304 g/mol. The van der Waals surface area contributed by atoms with Gasteiger partial charge in [0, 0.05) is 38.8 Å². The highest BCUT2D eigenvalue weighted by Crippen LogP contribution is 2.27. The summed E-state index contributed by atoms with van der Waals surface area (Å²) >= 11 is 0. The van der Waals surface area contributed by atoms with Gasteiger partial charge in [-0.1, -0.05) is 13.8 Å². The predicted octanol–water partition coefficient (Wildman–Crippen LogP) is 1.57. The standard InChI is InChI=1S/C13H19F3N4O/c1-9(2)8-19-3-5-20(6-4-19)12-17-10(13(14,15)16)7-11(21)18-12/h7,9H,3-6,8H2,1-2H3,(H,17,18,21). The Morgan fingerprint density at radius 2 is 1.90 bits per heavy atom. The number of hydrogen-bond acceptors (Lipinski definition) is 4. The Hall–Kier alpha value is -1.57. The molecule has 2 heterocycles. The Kier molecular flexibility index (Phi) is 4.55. The fraction of sp³-hybridized carbons (Fsp3) is 0.692. The molecule has 1 saturated heterocycles. The van der Waals surface area contributed by atoms with Gasteiger partial charge in [-0.2, -0.15) is 13.2 Å². The van der Waals surface area contributed by atoms with Crippen molar-refractivity contribution in [3.05, 3.63) is 22.1 Å². The highest BCUT2D eigenvalue weighted by atomic mass is 19.4. The van der Waals surface area contributed by atoms with E-state index < -0.39 is 17.4 Å². The van der Waals surface area contributed by atoms with Gasteiger partial charge >= 0.3 is 6.18 Å². The second kappa shape index (κ2) is 6.05. The number of nitrogens with one attached hydrogen (secondary N) is 1. The molecule has 1 aliphatic rings. The van der Waals surface area contributed by atoms with E-state index in [-0.39, 0.29) is 5.95 Å². The lowest BCUT2D eigenvalue weighted by atomic mass is 10.2. The number of aromatic nitrogens is 2. The van der Waals surface area contributed by atoms with Crippen LogP contribution in [0, 0.1) is 5.92 Å². The molecule has 1 aromatic rings. The van der Waals surface area contributed by atoms with Gasteiger partial charge in [0.15, 0.2) is 5.69 Å². The average Bonchev–Trinajstić information content (AvgIpc) is 2.37. The van der Waals surface area contributed by atoms with Crippen LogP contribution in [-0.4, -0.2) is 47.6 Å². The Bertz CT molecular complexity index is 533. The molecule has 1 aromatic heterocycles. The van der Waals surface area contributed by atoms with Crippen LogP contribution in [0.4, 0.5) is 19.1 Å². The molecule has 1 fully saturated rings. The minimum Gasteiger partial charge on any atom is -0.340 e. The molecule has 0 aliphatic carbocycles. The number of H-pyrrole nitrogens is 1. The predicted molar refractivity (Wildman–Crippen MR) is 73.4 cm³/mol.